The number of benzene rings is 1. The number of hydrogen-bond donors (Lipinski definition) is 1. The maximum Gasteiger partial charge on any atom is 0.303 e. The van der Waals surface area contributed by atoms with Crippen LogP contribution in [0.2, 0.25) is 0 Å². The van der Waals surface area contributed by atoms with E-state index in [-0.39, 0.29) is 12.2 Å². The fraction of sp³-hybridized carbons (Fsp3) is 0.231. The van der Waals surface area contributed by atoms with E-state index in [9.17, 15) is 9.18 Å². The molecule has 0 spiro atoms. The Hall–Kier alpha value is -1.95. The molecular weight excluding hydrogens is 267 g/mol. The minimum absolute atomic E-state index is 0.0482. The fourth-order valence-corrected chi connectivity index (χ4v) is 2.47. The first kappa shape index (κ1) is 13.5. The summed E-state index contributed by atoms with van der Waals surface area (Å²) in [7, 11) is 1.73. The molecule has 0 fully saturated rings. The summed E-state index contributed by atoms with van der Waals surface area (Å²) in [6.07, 6.45) is 0.434. The van der Waals surface area contributed by atoms with Crippen molar-refractivity contribution in [1.29, 1.82) is 0 Å². The smallest absolute Gasteiger partial charge is 0.303 e. The lowest BCUT2D eigenvalue weighted by Gasteiger charge is -2.16. The first-order valence-electron chi connectivity index (χ1n) is 5.72. The second-order valence-electron chi connectivity index (χ2n) is 4.03. The number of aliphatic carboxylic acids is 1. The van der Waals surface area contributed by atoms with E-state index in [1.807, 2.05) is 0 Å². The molecule has 1 aromatic heterocycles. The van der Waals surface area contributed by atoms with Gasteiger partial charge in [0.1, 0.15) is 5.82 Å². The number of aryl methyl sites for hydroxylation is 1. The molecule has 1 aromatic carbocycles. The molecule has 4 nitrogen and oxygen atoms in total. The van der Waals surface area contributed by atoms with Gasteiger partial charge in [-0.2, -0.15) is 0 Å². The first-order chi connectivity index (χ1) is 9.08. The van der Waals surface area contributed by atoms with Gasteiger partial charge in [-0.3, -0.25) is 4.79 Å². The number of aromatic nitrogens is 1. The summed E-state index contributed by atoms with van der Waals surface area (Å²) in [4.78, 5) is 16.5. The summed E-state index contributed by atoms with van der Waals surface area (Å²) >= 11 is 1.37. The third-order valence-corrected chi connectivity index (χ3v) is 3.60. The monoisotopic (exact) mass is 280 g/mol. The summed E-state index contributed by atoms with van der Waals surface area (Å²) in [5.74, 6) is -1.16. The fourth-order valence-electron chi connectivity index (χ4n) is 1.63. The van der Waals surface area contributed by atoms with Crippen LogP contribution in [0.25, 0.3) is 0 Å². The molecule has 1 heterocycles. The van der Waals surface area contributed by atoms with Crippen LogP contribution in [0.15, 0.2) is 29.6 Å². The van der Waals surface area contributed by atoms with Crippen LogP contribution in [0.5, 0.6) is 0 Å². The van der Waals surface area contributed by atoms with Crippen LogP contribution in [-0.2, 0) is 11.2 Å². The van der Waals surface area contributed by atoms with Gasteiger partial charge in [-0.15, -0.1) is 11.3 Å². The van der Waals surface area contributed by atoms with Crippen molar-refractivity contribution in [2.45, 2.75) is 12.8 Å². The zero-order valence-corrected chi connectivity index (χ0v) is 11.2. The van der Waals surface area contributed by atoms with Crippen molar-refractivity contribution in [3.8, 4) is 0 Å². The second kappa shape index (κ2) is 5.79. The highest BCUT2D eigenvalue weighted by atomic mass is 32.1. The highest BCUT2D eigenvalue weighted by Gasteiger charge is 2.12. The Kier molecular flexibility index (Phi) is 4.11. The molecule has 0 aliphatic carbocycles. The van der Waals surface area contributed by atoms with Crippen molar-refractivity contribution < 1.29 is 14.3 Å². The van der Waals surface area contributed by atoms with E-state index in [4.69, 9.17) is 5.11 Å². The van der Waals surface area contributed by atoms with Gasteiger partial charge in [0.25, 0.3) is 0 Å². The van der Waals surface area contributed by atoms with Crippen LogP contribution in [0, 0.1) is 5.82 Å². The average Bonchev–Trinajstić information content (AvgIpc) is 2.85. The van der Waals surface area contributed by atoms with Crippen molar-refractivity contribution in [2.24, 2.45) is 0 Å². The molecule has 19 heavy (non-hydrogen) atoms. The molecule has 0 radical (unpaired) electrons. The van der Waals surface area contributed by atoms with Gasteiger partial charge in [-0.1, -0.05) is 12.1 Å². The number of rotatable bonds is 5. The Balaban J connectivity index is 2.14. The molecule has 0 saturated heterocycles. The van der Waals surface area contributed by atoms with Crippen molar-refractivity contribution in [3.05, 3.63) is 41.2 Å². The van der Waals surface area contributed by atoms with E-state index in [1.54, 1.807) is 35.5 Å². The molecule has 6 heteroatoms. The number of hydrogen-bond acceptors (Lipinski definition) is 4. The topological polar surface area (TPSA) is 53.4 Å². The molecule has 1 N–H and O–H groups in total. The molecule has 2 aromatic rings. The van der Waals surface area contributed by atoms with Gasteiger partial charge in [0, 0.05) is 18.8 Å². The van der Waals surface area contributed by atoms with Crippen molar-refractivity contribution in [3.63, 3.8) is 0 Å². The van der Waals surface area contributed by atoms with E-state index in [0.717, 1.165) is 0 Å². The van der Waals surface area contributed by atoms with Gasteiger partial charge in [-0.25, -0.2) is 9.37 Å². The molecular formula is C13H13FN2O2S. The zero-order chi connectivity index (χ0) is 13.8. The number of carboxylic acid groups (broad SMARTS) is 1. The van der Waals surface area contributed by atoms with Gasteiger partial charge < -0.3 is 10.0 Å². The minimum Gasteiger partial charge on any atom is -0.481 e. The lowest BCUT2D eigenvalue weighted by atomic mass is 10.2. The van der Waals surface area contributed by atoms with Crippen LogP contribution in [0.1, 0.15) is 12.1 Å². The summed E-state index contributed by atoms with van der Waals surface area (Å²) in [6.45, 7) is 0. The van der Waals surface area contributed by atoms with Crippen LogP contribution >= 0.6 is 11.3 Å². The normalized spacial score (nSPS) is 10.4. The van der Waals surface area contributed by atoms with E-state index in [1.165, 1.54) is 17.4 Å². The first-order valence-corrected chi connectivity index (χ1v) is 6.60. The number of halogens is 1. The Morgan fingerprint density at radius 3 is 2.89 bits per heavy atom. The molecule has 0 unspecified atom stereocenters. The molecule has 100 valence electrons. The molecule has 0 atom stereocenters. The zero-order valence-electron chi connectivity index (χ0n) is 10.3. The average molecular weight is 280 g/mol. The summed E-state index contributed by atoms with van der Waals surface area (Å²) < 4.78 is 13.6. The van der Waals surface area contributed by atoms with Crippen LogP contribution in [0.3, 0.4) is 0 Å². The number of para-hydroxylation sites is 1. The van der Waals surface area contributed by atoms with Gasteiger partial charge in [0.15, 0.2) is 5.13 Å². The van der Waals surface area contributed by atoms with Crippen LogP contribution in [-0.4, -0.2) is 23.1 Å². The molecule has 2 rings (SSSR count). The largest absolute Gasteiger partial charge is 0.481 e. The number of anilines is 2. The standard InChI is InChI=1S/C13H13FN2O2S/c1-16(11-5-3-2-4-10(11)14)13-15-9(8-19-13)6-7-12(17)18/h2-5,8H,6-7H2,1H3,(H,17,18). The van der Waals surface area contributed by atoms with Crippen LogP contribution in [0.4, 0.5) is 15.2 Å². The maximum absolute atomic E-state index is 13.6. The molecule has 0 aliphatic rings. The molecule has 0 bridgehead atoms. The van der Waals surface area contributed by atoms with E-state index in [0.29, 0.717) is 22.9 Å². The Morgan fingerprint density at radius 2 is 2.21 bits per heavy atom. The van der Waals surface area contributed by atoms with Crippen molar-refractivity contribution in [2.75, 3.05) is 11.9 Å². The second-order valence-corrected chi connectivity index (χ2v) is 4.86. The van der Waals surface area contributed by atoms with E-state index >= 15 is 0 Å². The molecule has 0 aliphatic heterocycles. The number of thiazole rings is 1. The van der Waals surface area contributed by atoms with Crippen molar-refractivity contribution >= 4 is 28.1 Å². The Bertz CT molecular complexity index is 586. The minimum atomic E-state index is -0.850. The summed E-state index contributed by atoms with van der Waals surface area (Å²) in [5.41, 5.74) is 1.16. The lowest BCUT2D eigenvalue weighted by Crippen LogP contribution is -2.11. The lowest BCUT2D eigenvalue weighted by molar-refractivity contribution is -0.136. The maximum atomic E-state index is 13.6. The Labute approximate surface area is 114 Å². The van der Waals surface area contributed by atoms with E-state index in [2.05, 4.69) is 4.98 Å². The van der Waals surface area contributed by atoms with Gasteiger partial charge >= 0.3 is 5.97 Å². The van der Waals surface area contributed by atoms with Crippen LogP contribution < -0.4 is 4.90 Å². The Morgan fingerprint density at radius 1 is 1.47 bits per heavy atom. The number of carbonyl (C=O) groups is 1. The van der Waals surface area contributed by atoms with E-state index < -0.39 is 5.97 Å². The number of nitrogens with zero attached hydrogens (tertiary/aromatic N) is 2. The highest BCUT2D eigenvalue weighted by Crippen LogP contribution is 2.28. The van der Waals surface area contributed by atoms with Crippen molar-refractivity contribution in [1.82, 2.24) is 4.98 Å². The van der Waals surface area contributed by atoms with Gasteiger partial charge in [0.05, 0.1) is 17.8 Å². The summed E-state index contributed by atoms with van der Waals surface area (Å²) in [5, 5.41) is 11.1. The third-order valence-electron chi connectivity index (χ3n) is 2.64. The predicted octanol–water partition coefficient (Wildman–Crippen LogP) is 3.07. The SMILES string of the molecule is CN(c1nc(CCC(=O)O)cs1)c1ccccc1F. The highest BCUT2D eigenvalue weighted by molar-refractivity contribution is 7.13. The van der Waals surface area contributed by atoms with Gasteiger partial charge in [0.2, 0.25) is 0 Å². The molecule has 0 amide bonds. The number of carboxylic acids is 1. The van der Waals surface area contributed by atoms with Gasteiger partial charge in [-0.05, 0) is 12.1 Å². The predicted molar refractivity (Wildman–Crippen MR) is 72.5 cm³/mol. The molecule has 0 saturated carbocycles. The summed E-state index contributed by atoms with van der Waals surface area (Å²) in [6, 6.07) is 6.46. The third kappa shape index (κ3) is 3.29. The quantitative estimate of drug-likeness (QED) is 0.914.